The van der Waals surface area contributed by atoms with Crippen molar-refractivity contribution in [3.8, 4) is 0 Å². The lowest BCUT2D eigenvalue weighted by Crippen LogP contribution is -2.36. The van der Waals surface area contributed by atoms with Gasteiger partial charge in [-0.15, -0.1) is 0 Å². The van der Waals surface area contributed by atoms with Gasteiger partial charge in [0.25, 0.3) is 5.69 Å². The van der Waals surface area contributed by atoms with Gasteiger partial charge < -0.3 is 5.32 Å². The lowest BCUT2D eigenvalue weighted by molar-refractivity contribution is -0.385. The fourth-order valence-corrected chi connectivity index (χ4v) is 2.04. The normalized spacial score (nSPS) is 16.4. The molecule has 6 nitrogen and oxygen atoms in total. The summed E-state index contributed by atoms with van der Waals surface area (Å²) in [5.41, 5.74) is 0.694. The summed E-state index contributed by atoms with van der Waals surface area (Å²) >= 11 is 0. The Balaban J connectivity index is 1.95. The molecule has 19 heavy (non-hydrogen) atoms. The Morgan fingerprint density at radius 3 is 2.89 bits per heavy atom. The van der Waals surface area contributed by atoms with E-state index in [2.05, 4.69) is 29.2 Å². The molecule has 1 aliphatic carbocycles. The van der Waals surface area contributed by atoms with Gasteiger partial charge in [0.2, 0.25) is 0 Å². The molecule has 6 heteroatoms. The minimum absolute atomic E-state index is 0.112. The summed E-state index contributed by atoms with van der Waals surface area (Å²) in [4.78, 5) is 17.0. The first-order chi connectivity index (χ1) is 8.99. The first kappa shape index (κ1) is 13.7. The van der Waals surface area contributed by atoms with E-state index in [1.807, 2.05) is 0 Å². The van der Waals surface area contributed by atoms with Crippen LogP contribution in [0.3, 0.4) is 0 Å². The van der Waals surface area contributed by atoms with Crippen LogP contribution in [-0.4, -0.2) is 40.5 Å². The monoisotopic (exact) mass is 264 g/mol. The third-order valence-corrected chi connectivity index (χ3v) is 3.67. The van der Waals surface area contributed by atoms with E-state index >= 15 is 0 Å². The number of hydrogen-bond donors (Lipinski definition) is 1. The Hall–Kier alpha value is -1.69. The summed E-state index contributed by atoms with van der Waals surface area (Å²) in [7, 11) is 2.12. The van der Waals surface area contributed by atoms with Crippen molar-refractivity contribution in [2.45, 2.75) is 38.8 Å². The van der Waals surface area contributed by atoms with Crippen LogP contribution in [0.2, 0.25) is 0 Å². The molecule has 1 unspecified atom stereocenters. The molecule has 1 aliphatic rings. The Bertz CT molecular complexity index is 474. The van der Waals surface area contributed by atoms with Gasteiger partial charge in [0.1, 0.15) is 5.82 Å². The van der Waals surface area contributed by atoms with E-state index in [-0.39, 0.29) is 10.6 Å². The molecule has 1 atom stereocenters. The smallest absolute Gasteiger partial charge is 0.277 e. The van der Waals surface area contributed by atoms with Gasteiger partial charge in [-0.3, -0.25) is 15.0 Å². The highest BCUT2D eigenvalue weighted by molar-refractivity contribution is 5.48. The summed E-state index contributed by atoms with van der Waals surface area (Å²) in [6.07, 6.45) is 4.08. The topological polar surface area (TPSA) is 71.3 Å². The maximum atomic E-state index is 10.9. The van der Waals surface area contributed by atoms with Crippen molar-refractivity contribution in [1.82, 2.24) is 9.88 Å². The molecule has 1 aromatic heterocycles. The average Bonchev–Trinajstić information content (AvgIpc) is 3.20. The van der Waals surface area contributed by atoms with Crippen molar-refractivity contribution in [3.05, 3.63) is 27.9 Å². The van der Waals surface area contributed by atoms with Gasteiger partial charge in [-0.1, -0.05) is 0 Å². The molecule has 1 fully saturated rings. The molecule has 1 N–H and O–H groups in total. The molecular formula is C13H20N4O2. The lowest BCUT2D eigenvalue weighted by atomic mass is 10.2. The van der Waals surface area contributed by atoms with Gasteiger partial charge in [0, 0.05) is 30.4 Å². The summed E-state index contributed by atoms with van der Waals surface area (Å²) in [6.45, 7) is 4.58. The van der Waals surface area contributed by atoms with Gasteiger partial charge in [-0.2, -0.15) is 0 Å². The second-order valence-corrected chi connectivity index (χ2v) is 5.24. The first-order valence-corrected chi connectivity index (χ1v) is 6.56. The summed E-state index contributed by atoms with van der Waals surface area (Å²) < 4.78 is 0. The zero-order valence-electron chi connectivity index (χ0n) is 11.6. The number of anilines is 1. The molecule has 0 saturated heterocycles. The van der Waals surface area contributed by atoms with Crippen LogP contribution in [0.4, 0.5) is 11.5 Å². The minimum Gasteiger partial charge on any atom is -0.368 e. The third kappa shape index (κ3) is 3.41. The number of aryl methyl sites for hydroxylation is 1. The first-order valence-electron chi connectivity index (χ1n) is 6.56. The Morgan fingerprint density at radius 2 is 2.32 bits per heavy atom. The number of hydrogen-bond acceptors (Lipinski definition) is 5. The van der Waals surface area contributed by atoms with E-state index < -0.39 is 0 Å². The lowest BCUT2D eigenvalue weighted by Gasteiger charge is -2.24. The largest absolute Gasteiger partial charge is 0.368 e. The number of nitro groups is 1. The number of nitrogens with one attached hydrogen (secondary N) is 1. The molecule has 0 aromatic carbocycles. The Morgan fingerprint density at radius 1 is 1.63 bits per heavy atom. The SMILES string of the molecule is Cc1cnc(NCC(C)N(C)C2CC2)cc1[N+](=O)[O-]. The molecule has 0 amide bonds. The number of aromatic nitrogens is 1. The van der Waals surface area contributed by atoms with Crippen molar-refractivity contribution in [3.63, 3.8) is 0 Å². The molecule has 0 radical (unpaired) electrons. The third-order valence-electron chi connectivity index (χ3n) is 3.67. The zero-order valence-corrected chi connectivity index (χ0v) is 11.6. The van der Waals surface area contributed by atoms with Gasteiger partial charge in [0.05, 0.1) is 11.0 Å². The van der Waals surface area contributed by atoms with E-state index in [9.17, 15) is 10.1 Å². The summed E-state index contributed by atoms with van der Waals surface area (Å²) in [5.74, 6) is 0.563. The van der Waals surface area contributed by atoms with Crippen molar-refractivity contribution in [2.24, 2.45) is 0 Å². The highest BCUT2D eigenvalue weighted by Crippen LogP contribution is 2.27. The van der Waals surface area contributed by atoms with E-state index in [0.717, 1.165) is 6.54 Å². The van der Waals surface area contributed by atoms with Crippen LogP contribution < -0.4 is 5.32 Å². The van der Waals surface area contributed by atoms with Gasteiger partial charge >= 0.3 is 0 Å². The van der Waals surface area contributed by atoms with Crippen molar-refractivity contribution in [1.29, 1.82) is 0 Å². The highest BCUT2D eigenvalue weighted by atomic mass is 16.6. The molecule has 0 spiro atoms. The van der Waals surface area contributed by atoms with Crippen LogP contribution in [0.1, 0.15) is 25.3 Å². The number of likely N-dealkylation sites (N-methyl/N-ethyl adjacent to an activating group) is 1. The van der Waals surface area contributed by atoms with Gasteiger partial charge in [0.15, 0.2) is 0 Å². The second-order valence-electron chi connectivity index (χ2n) is 5.24. The van der Waals surface area contributed by atoms with Crippen LogP contribution in [0.25, 0.3) is 0 Å². The maximum absolute atomic E-state index is 10.9. The predicted octanol–water partition coefficient (Wildman–Crippen LogP) is 2.19. The van der Waals surface area contributed by atoms with Crippen LogP contribution >= 0.6 is 0 Å². The second kappa shape index (κ2) is 5.52. The standard InChI is InChI=1S/C13H20N4O2/c1-9-7-14-13(6-12(9)17(18)19)15-8-10(2)16(3)11-4-5-11/h6-7,10-11H,4-5,8H2,1-3H3,(H,14,15). The van der Waals surface area contributed by atoms with E-state index in [4.69, 9.17) is 0 Å². The molecule has 1 heterocycles. The Labute approximate surface area is 113 Å². The van der Waals surface area contributed by atoms with Crippen molar-refractivity contribution in [2.75, 3.05) is 18.9 Å². The van der Waals surface area contributed by atoms with Crippen LogP contribution in [0, 0.1) is 17.0 Å². The highest BCUT2D eigenvalue weighted by Gasteiger charge is 2.28. The number of rotatable bonds is 6. The summed E-state index contributed by atoms with van der Waals surface area (Å²) in [6, 6.07) is 2.59. The molecule has 0 bridgehead atoms. The fourth-order valence-electron chi connectivity index (χ4n) is 2.04. The quantitative estimate of drug-likeness (QED) is 0.630. The molecular weight excluding hydrogens is 244 g/mol. The average molecular weight is 264 g/mol. The zero-order chi connectivity index (χ0) is 14.0. The van der Waals surface area contributed by atoms with Gasteiger partial charge in [-0.25, -0.2) is 4.98 Å². The maximum Gasteiger partial charge on any atom is 0.277 e. The minimum atomic E-state index is -0.373. The van der Waals surface area contributed by atoms with E-state index in [0.29, 0.717) is 23.5 Å². The molecule has 2 rings (SSSR count). The Kier molecular flexibility index (Phi) is 3.99. The van der Waals surface area contributed by atoms with Gasteiger partial charge in [-0.05, 0) is 33.7 Å². The van der Waals surface area contributed by atoms with Crippen LogP contribution in [0.15, 0.2) is 12.3 Å². The molecule has 104 valence electrons. The predicted molar refractivity (Wildman–Crippen MR) is 74.4 cm³/mol. The van der Waals surface area contributed by atoms with E-state index in [1.165, 1.54) is 25.1 Å². The van der Waals surface area contributed by atoms with Crippen molar-refractivity contribution < 1.29 is 4.92 Å². The van der Waals surface area contributed by atoms with Crippen LogP contribution in [-0.2, 0) is 0 Å². The number of pyridine rings is 1. The number of nitrogens with zero attached hydrogens (tertiary/aromatic N) is 3. The summed E-state index contributed by atoms with van der Waals surface area (Å²) in [5, 5.41) is 14.0. The fraction of sp³-hybridized carbons (Fsp3) is 0.615. The van der Waals surface area contributed by atoms with Crippen LogP contribution in [0.5, 0.6) is 0 Å². The molecule has 1 saturated carbocycles. The molecule has 0 aliphatic heterocycles. The molecule has 1 aromatic rings. The van der Waals surface area contributed by atoms with Crippen molar-refractivity contribution >= 4 is 11.5 Å². The van der Waals surface area contributed by atoms with E-state index in [1.54, 1.807) is 6.92 Å².